The van der Waals surface area contributed by atoms with E-state index >= 15 is 0 Å². The number of carbonyl (C=O) groups is 1. The molecule has 0 N–H and O–H groups in total. The standard InChI is InChI=1S/C18H18N2O/c1-14-13-20(18(14)16-7-3-2-4-8-16)17(21)10-9-15-6-5-11-19-12-15/h2-12,14,18H,13H2,1H3. The van der Waals surface area contributed by atoms with E-state index in [0.29, 0.717) is 5.92 Å². The number of hydrogen-bond donors (Lipinski definition) is 0. The Morgan fingerprint density at radius 2 is 2.05 bits per heavy atom. The summed E-state index contributed by atoms with van der Waals surface area (Å²) in [6, 6.07) is 14.2. The molecule has 3 rings (SSSR count). The molecule has 3 heteroatoms. The van der Waals surface area contributed by atoms with Crippen LogP contribution in [0.1, 0.15) is 24.1 Å². The SMILES string of the molecule is CC1CN(C(=O)C=Cc2cccnc2)C1c1ccccc1. The van der Waals surface area contributed by atoms with Gasteiger partial charge in [0.25, 0.3) is 0 Å². The van der Waals surface area contributed by atoms with Gasteiger partial charge in [0, 0.05) is 25.0 Å². The van der Waals surface area contributed by atoms with E-state index in [1.807, 2.05) is 41.3 Å². The molecule has 1 saturated heterocycles. The Morgan fingerprint density at radius 1 is 1.24 bits per heavy atom. The van der Waals surface area contributed by atoms with Gasteiger partial charge >= 0.3 is 0 Å². The summed E-state index contributed by atoms with van der Waals surface area (Å²) in [5.74, 6) is 0.564. The molecule has 2 unspecified atom stereocenters. The average molecular weight is 278 g/mol. The highest BCUT2D eigenvalue weighted by molar-refractivity contribution is 5.92. The van der Waals surface area contributed by atoms with Gasteiger partial charge in [0.15, 0.2) is 0 Å². The summed E-state index contributed by atoms with van der Waals surface area (Å²) in [4.78, 5) is 18.3. The van der Waals surface area contributed by atoms with E-state index in [0.717, 1.165) is 12.1 Å². The summed E-state index contributed by atoms with van der Waals surface area (Å²) >= 11 is 0. The fraction of sp³-hybridized carbons (Fsp3) is 0.222. The van der Waals surface area contributed by atoms with Crippen LogP contribution in [0, 0.1) is 5.92 Å². The fourth-order valence-corrected chi connectivity index (χ4v) is 2.82. The predicted octanol–water partition coefficient (Wildman–Crippen LogP) is 3.31. The molecule has 1 aromatic heterocycles. The molecule has 0 bridgehead atoms. The first-order valence-corrected chi connectivity index (χ1v) is 7.19. The smallest absolute Gasteiger partial charge is 0.247 e. The van der Waals surface area contributed by atoms with Gasteiger partial charge in [0.1, 0.15) is 0 Å². The van der Waals surface area contributed by atoms with Crippen molar-refractivity contribution in [2.75, 3.05) is 6.54 Å². The Balaban J connectivity index is 1.72. The highest BCUT2D eigenvalue weighted by Crippen LogP contribution is 2.38. The van der Waals surface area contributed by atoms with Crippen molar-refractivity contribution in [3.63, 3.8) is 0 Å². The van der Waals surface area contributed by atoms with Crippen LogP contribution >= 0.6 is 0 Å². The van der Waals surface area contributed by atoms with Gasteiger partial charge in [-0.05, 0) is 29.2 Å². The average Bonchev–Trinajstić information content (AvgIpc) is 2.52. The lowest BCUT2D eigenvalue weighted by molar-refractivity contribution is -0.137. The first kappa shape index (κ1) is 13.6. The molecule has 1 fully saturated rings. The van der Waals surface area contributed by atoms with E-state index in [-0.39, 0.29) is 11.9 Å². The van der Waals surface area contributed by atoms with Gasteiger partial charge < -0.3 is 4.90 Å². The zero-order valence-corrected chi connectivity index (χ0v) is 12.0. The van der Waals surface area contributed by atoms with Crippen molar-refractivity contribution < 1.29 is 4.79 Å². The van der Waals surface area contributed by atoms with Crippen molar-refractivity contribution in [3.8, 4) is 0 Å². The molecule has 0 saturated carbocycles. The van der Waals surface area contributed by atoms with Crippen molar-refractivity contribution in [1.82, 2.24) is 9.88 Å². The number of rotatable bonds is 3. The monoisotopic (exact) mass is 278 g/mol. The van der Waals surface area contributed by atoms with E-state index in [9.17, 15) is 4.79 Å². The fourth-order valence-electron chi connectivity index (χ4n) is 2.82. The summed E-state index contributed by atoms with van der Waals surface area (Å²) in [7, 11) is 0. The molecule has 3 nitrogen and oxygen atoms in total. The molecule has 1 aliphatic heterocycles. The number of likely N-dealkylation sites (tertiary alicyclic amines) is 1. The molecule has 0 spiro atoms. The van der Waals surface area contributed by atoms with Crippen molar-refractivity contribution in [2.45, 2.75) is 13.0 Å². The van der Waals surface area contributed by atoms with E-state index in [4.69, 9.17) is 0 Å². The Bertz CT molecular complexity index is 637. The predicted molar refractivity (Wildman–Crippen MR) is 83.3 cm³/mol. The van der Waals surface area contributed by atoms with Gasteiger partial charge in [-0.15, -0.1) is 0 Å². The maximum atomic E-state index is 12.3. The molecular formula is C18H18N2O. The first-order chi connectivity index (χ1) is 10.3. The molecule has 1 aliphatic rings. The second kappa shape index (κ2) is 5.92. The lowest BCUT2D eigenvalue weighted by atomic mass is 9.84. The van der Waals surface area contributed by atoms with Gasteiger partial charge in [-0.3, -0.25) is 9.78 Å². The summed E-state index contributed by atoms with van der Waals surface area (Å²) in [6.45, 7) is 3.00. The topological polar surface area (TPSA) is 33.2 Å². The summed E-state index contributed by atoms with van der Waals surface area (Å²) in [5.41, 5.74) is 2.15. The number of nitrogens with zero attached hydrogens (tertiary/aromatic N) is 2. The minimum atomic E-state index is 0.0609. The Labute approximate surface area is 124 Å². The summed E-state index contributed by atoms with van der Waals surface area (Å²) in [5, 5.41) is 0. The molecule has 106 valence electrons. The third kappa shape index (κ3) is 2.87. The normalized spacial score (nSPS) is 21.3. The van der Waals surface area contributed by atoms with E-state index in [1.165, 1.54) is 5.56 Å². The molecule has 2 heterocycles. The minimum Gasteiger partial charge on any atom is -0.331 e. The highest BCUT2D eigenvalue weighted by atomic mass is 16.2. The summed E-state index contributed by atoms with van der Waals surface area (Å²) in [6.07, 6.45) is 6.93. The van der Waals surface area contributed by atoms with E-state index in [2.05, 4.69) is 24.0 Å². The second-order valence-electron chi connectivity index (χ2n) is 5.44. The highest BCUT2D eigenvalue weighted by Gasteiger charge is 2.38. The lowest BCUT2D eigenvalue weighted by Crippen LogP contribution is -2.50. The molecule has 2 aromatic rings. The third-order valence-corrected chi connectivity index (χ3v) is 3.89. The Morgan fingerprint density at radius 3 is 2.71 bits per heavy atom. The third-order valence-electron chi connectivity index (χ3n) is 3.89. The number of amides is 1. The van der Waals surface area contributed by atoms with Gasteiger partial charge in [-0.1, -0.05) is 43.3 Å². The van der Waals surface area contributed by atoms with Crippen molar-refractivity contribution in [3.05, 3.63) is 72.1 Å². The quantitative estimate of drug-likeness (QED) is 0.807. The molecule has 2 atom stereocenters. The number of benzene rings is 1. The van der Waals surface area contributed by atoms with Gasteiger partial charge in [-0.25, -0.2) is 0 Å². The maximum absolute atomic E-state index is 12.3. The number of hydrogen-bond acceptors (Lipinski definition) is 2. The van der Waals surface area contributed by atoms with Crippen LogP contribution < -0.4 is 0 Å². The first-order valence-electron chi connectivity index (χ1n) is 7.19. The van der Waals surface area contributed by atoms with Crippen molar-refractivity contribution in [1.29, 1.82) is 0 Å². The maximum Gasteiger partial charge on any atom is 0.247 e. The molecule has 21 heavy (non-hydrogen) atoms. The minimum absolute atomic E-state index is 0.0609. The van der Waals surface area contributed by atoms with Gasteiger partial charge in [0.2, 0.25) is 5.91 Å². The van der Waals surface area contributed by atoms with Crippen LogP contribution in [0.2, 0.25) is 0 Å². The van der Waals surface area contributed by atoms with E-state index in [1.54, 1.807) is 18.5 Å². The van der Waals surface area contributed by atoms with Crippen LogP contribution in [0.15, 0.2) is 60.9 Å². The summed E-state index contributed by atoms with van der Waals surface area (Å²) < 4.78 is 0. The second-order valence-corrected chi connectivity index (χ2v) is 5.44. The Kier molecular flexibility index (Phi) is 3.82. The van der Waals surface area contributed by atoms with Crippen LogP contribution in [-0.4, -0.2) is 22.3 Å². The van der Waals surface area contributed by atoms with Crippen LogP contribution in [0.25, 0.3) is 6.08 Å². The largest absolute Gasteiger partial charge is 0.331 e. The van der Waals surface area contributed by atoms with Crippen LogP contribution in [-0.2, 0) is 4.79 Å². The lowest BCUT2D eigenvalue weighted by Gasteiger charge is -2.46. The number of carbonyl (C=O) groups excluding carboxylic acids is 1. The molecule has 1 aromatic carbocycles. The number of aromatic nitrogens is 1. The Hall–Kier alpha value is -2.42. The van der Waals surface area contributed by atoms with Crippen LogP contribution in [0.5, 0.6) is 0 Å². The molecule has 0 aliphatic carbocycles. The number of pyridine rings is 1. The van der Waals surface area contributed by atoms with Crippen molar-refractivity contribution >= 4 is 12.0 Å². The zero-order chi connectivity index (χ0) is 14.7. The van der Waals surface area contributed by atoms with E-state index < -0.39 is 0 Å². The van der Waals surface area contributed by atoms with Gasteiger partial charge in [0.05, 0.1) is 6.04 Å². The zero-order valence-electron chi connectivity index (χ0n) is 12.0. The molecule has 0 radical (unpaired) electrons. The van der Waals surface area contributed by atoms with Gasteiger partial charge in [-0.2, -0.15) is 0 Å². The van der Waals surface area contributed by atoms with Crippen LogP contribution in [0.3, 0.4) is 0 Å². The molecular weight excluding hydrogens is 260 g/mol. The van der Waals surface area contributed by atoms with Crippen LogP contribution in [0.4, 0.5) is 0 Å². The molecule has 1 amide bonds. The van der Waals surface area contributed by atoms with Crippen molar-refractivity contribution in [2.24, 2.45) is 5.92 Å².